The zero-order valence-electron chi connectivity index (χ0n) is 12.3. The highest BCUT2D eigenvalue weighted by Gasteiger charge is 2.02. The van der Waals surface area contributed by atoms with Crippen LogP contribution in [0.5, 0.6) is 11.5 Å². The first-order valence-electron chi connectivity index (χ1n) is 6.54. The van der Waals surface area contributed by atoms with E-state index in [0.29, 0.717) is 17.1 Å². The largest absolute Gasteiger partial charge is 0.497 e. The van der Waals surface area contributed by atoms with Gasteiger partial charge in [0.15, 0.2) is 5.83 Å². The molecular weight excluding hydrogens is 269 g/mol. The van der Waals surface area contributed by atoms with Gasteiger partial charge in [-0.15, -0.1) is 0 Å². The van der Waals surface area contributed by atoms with Crippen LogP contribution in [0.3, 0.4) is 0 Å². The quantitative estimate of drug-likeness (QED) is 0.773. The van der Waals surface area contributed by atoms with E-state index in [9.17, 15) is 4.39 Å². The van der Waals surface area contributed by atoms with Crippen LogP contribution in [0.25, 0.3) is 5.83 Å². The molecule has 0 heterocycles. The number of nitrogens with zero attached hydrogens (tertiary/aromatic N) is 1. The second-order valence-electron chi connectivity index (χ2n) is 4.70. The third-order valence-corrected chi connectivity index (χ3v) is 3.02. The van der Waals surface area contributed by atoms with Crippen LogP contribution in [0.2, 0.25) is 0 Å². The Morgan fingerprint density at radius 3 is 2.05 bits per heavy atom. The highest BCUT2D eigenvalue weighted by atomic mass is 19.1. The maximum Gasteiger partial charge on any atom is 0.165 e. The molecule has 0 aliphatic heterocycles. The zero-order chi connectivity index (χ0) is 15.2. The molecule has 0 aliphatic carbocycles. The van der Waals surface area contributed by atoms with Crippen molar-refractivity contribution in [3.8, 4) is 11.5 Å². The minimum Gasteiger partial charge on any atom is -0.497 e. The Balaban J connectivity index is 2.05. The second kappa shape index (κ2) is 6.79. The summed E-state index contributed by atoms with van der Waals surface area (Å²) in [5, 5.41) is 0. The van der Waals surface area contributed by atoms with Crippen molar-refractivity contribution in [3.63, 3.8) is 0 Å². The Morgan fingerprint density at radius 1 is 0.952 bits per heavy atom. The molecule has 4 heteroatoms. The molecule has 0 saturated carbocycles. The predicted octanol–water partition coefficient (Wildman–Crippen LogP) is 4.11. The first kappa shape index (κ1) is 14.9. The number of ether oxygens (including phenoxy) is 2. The van der Waals surface area contributed by atoms with Gasteiger partial charge in [0.25, 0.3) is 0 Å². The topological polar surface area (TPSA) is 21.7 Å². The molecular formula is C17H18FNO2. The molecule has 0 fully saturated rings. The maximum atomic E-state index is 14.0. The van der Waals surface area contributed by atoms with E-state index in [4.69, 9.17) is 9.47 Å². The number of benzene rings is 2. The standard InChI is InChI=1S/C17H18FNO2/c1-19(2)14-6-10-16(11-7-14)21-12-17(18)13-4-8-15(20-3)9-5-13/h4-12H,1-3H3/b17-12-. The van der Waals surface area contributed by atoms with Gasteiger partial charge >= 0.3 is 0 Å². The Hall–Kier alpha value is -2.49. The van der Waals surface area contributed by atoms with Crippen molar-refractivity contribution in [2.45, 2.75) is 0 Å². The molecule has 2 aromatic carbocycles. The number of hydrogen-bond acceptors (Lipinski definition) is 3. The monoisotopic (exact) mass is 287 g/mol. The summed E-state index contributed by atoms with van der Waals surface area (Å²) in [7, 11) is 5.49. The number of hydrogen-bond donors (Lipinski definition) is 0. The van der Waals surface area contributed by atoms with Crippen molar-refractivity contribution >= 4 is 11.5 Å². The maximum absolute atomic E-state index is 14.0. The normalized spacial score (nSPS) is 11.1. The van der Waals surface area contributed by atoms with Gasteiger partial charge in [-0.1, -0.05) is 0 Å². The van der Waals surface area contributed by atoms with Crippen LogP contribution < -0.4 is 14.4 Å². The van der Waals surface area contributed by atoms with Gasteiger partial charge in [-0.3, -0.25) is 0 Å². The SMILES string of the molecule is COc1ccc(/C(F)=C/Oc2ccc(N(C)C)cc2)cc1. The molecule has 2 aromatic rings. The number of methoxy groups -OCH3 is 1. The molecule has 0 N–H and O–H groups in total. The van der Waals surface area contributed by atoms with E-state index in [1.807, 2.05) is 31.1 Å². The first-order chi connectivity index (χ1) is 10.1. The summed E-state index contributed by atoms with van der Waals surface area (Å²) in [6.07, 6.45) is 1.10. The number of anilines is 1. The molecule has 0 saturated heterocycles. The van der Waals surface area contributed by atoms with Crippen LogP contribution in [0.15, 0.2) is 54.8 Å². The minimum absolute atomic E-state index is 0.436. The van der Waals surface area contributed by atoms with Crippen LogP contribution in [0, 0.1) is 0 Å². The van der Waals surface area contributed by atoms with Crippen molar-refractivity contribution < 1.29 is 13.9 Å². The molecule has 0 bridgehead atoms. The Labute approximate surface area is 124 Å². The van der Waals surface area contributed by atoms with Crippen molar-refractivity contribution in [1.29, 1.82) is 0 Å². The van der Waals surface area contributed by atoms with Crippen LogP contribution in [0.4, 0.5) is 10.1 Å². The lowest BCUT2D eigenvalue weighted by Gasteiger charge is -2.12. The first-order valence-corrected chi connectivity index (χ1v) is 6.54. The molecule has 0 unspecified atom stereocenters. The fourth-order valence-electron chi connectivity index (χ4n) is 1.76. The lowest BCUT2D eigenvalue weighted by molar-refractivity contribution is 0.414. The molecule has 0 spiro atoms. The number of rotatable bonds is 5. The van der Waals surface area contributed by atoms with Crippen molar-refractivity contribution in [2.75, 3.05) is 26.1 Å². The van der Waals surface area contributed by atoms with Gasteiger partial charge in [0.1, 0.15) is 17.8 Å². The van der Waals surface area contributed by atoms with Gasteiger partial charge in [0.05, 0.1) is 7.11 Å². The summed E-state index contributed by atoms with van der Waals surface area (Å²) in [5.74, 6) is 0.838. The molecule has 110 valence electrons. The summed E-state index contributed by atoms with van der Waals surface area (Å²) in [4.78, 5) is 1.98. The summed E-state index contributed by atoms with van der Waals surface area (Å²) in [5.41, 5.74) is 1.50. The van der Waals surface area contributed by atoms with Crippen molar-refractivity contribution in [2.24, 2.45) is 0 Å². The van der Waals surface area contributed by atoms with Gasteiger partial charge in [-0.25, -0.2) is 4.39 Å². The Kier molecular flexibility index (Phi) is 4.82. The third kappa shape index (κ3) is 3.99. The molecule has 0 aromatic heterocycles. The van der Waals surface area contributed by atoms with E-state index in [2.05, 4.69) is 0 Å². The summed E-state index contributed by atoms with van der Waals surface area (Å²) in [6.45, 7) is 0. The van der Waals surface area contributed by atoms with Gasteiger partial charge in [0.2, 0.25) is 0 Å². The van der Waals surface area contributed by atoms with Gasteiger partial charge in [-0.05, 0) is 48.5 Å². The average molecular weight is 287 g/mol. The summed E-state index contributed by atoms with van der Waals surface area (Å²) in [6, 6.07) is 14.1. The van der Waals surface area contributed by atoms with E-state index in [1.165, 1.54) is 0 Å². The Bertz CT molecular complexity index is 604. The van der Waals surface area contributed by atoms with E-state index in [-0.39, 0.29) is 0 Å². The van der Waals surface area contributed by atoms with Gasteiger partial charge in [0, 0.05) is 25.3 Å². The molecule has 0 amide bonds. The third-order valence-electron chi connectivity index (χ3n) is 3.02. The predicted molar refractivity (Wildman–Crippen MR) is 83.5 cm³/mol. The fraction of sp³-hybridized carbons (Fsp3) is 0.176. The van der Waals surface area contributed by atoms with Crippen LogP contribution in [-0.4, -0.2) is 21.2 Å². The zero-order valence-corrected chi connectivity index (χ0v) is 12.3. The summed E-state index contributed by atoms with van der Waals surface area (Å²) >= 11 is 0. The van der Waals surface area contributed by atoms with Gasteiger partial charge in [-0.2, -0.15) is 0 Å². The Morgan fingerprint density at radius 2 is 1.52 bits per heavy atom. The minimum atomic E-state index is -0.436. The average Bonchev–Trinajstić information content (AvgIpc) is 2.53. The van der Waals surface area contributed by atoms with E-state index in [0.717, 1.165) is 11.9 Å². The van der Waals surface area contributed by atoms with Crippen LogP contribution in [0.1, 0.15) is 5.56 Å². The molecule has 21 heavy (non-hydrogen) atoms. The van der Waals surface area contributed by atoms with E-state index < -0.39 is 5.83 Å². The van der Waals surface area contributed by atoms with Gasteiger partial charge < -0.3 is 14.4 Å². The molecule has 2 rings (SSSR count). The molecule has 0 atom stereocenters. The van der Waals surface area contributed by atoms with Crippen LogP contribution in [-0.2, 0) is 0 Å². The van der Waals surface area contributed by atoms with E-state index in [1.54, 1.807) is 43.5 Å². The van der Waals surface area contributed by atoms with Crippen LogP contribution >= 0.6 is 0 Å². The van der Waals surface area contributed by atoms with Crippen molar-refractivity contribution in [1.82, 2.24) is 0 Å². The molecule has 0 radical (unpaired) electrons. The molecule has 0 aliphatic rings. The fourth-order valence-corrected chi connectivity index (χ4v) is 1.76. The highest BCUT2D eigenvalue weighted by Crippen LogP contribution is 2.22. The highest BCUT2D eigenvalue weighted by molar-refractivity contribution is 5.59. The second-order valence-corrected chi connectivity index (χ2v) is 4.70. The lowest BCUT2D eigenvalue weighted by atomic mass is 10.2. The summed E-state index contributed by atoms with van der Waals surface area (Å²) < 4.78 is 24.3. The van der Waals surface area contributed by atoms with E-state index >= 15 is 0 Å². The molecule has 3 nitrogen and oxygen atoms in total. The van der Waals surface area contributed by atoms with Crippen molar-refractivity contribution in [3.05, 3.63) is 60.4 Å². The smallest absolute Gasteiger partial charge is 0.165 e. The number of halogens is 1. The lowest BCUT2D eigenvalue weighted by Crippen LogP contribution is -2.07.